The molecule has 0 aromatic carbocycles. The number of hydrogen-bond donors (Lipinski definition) is 3. The number of amides is 2. The maximum atomic E-state index is 12.7. The van der Waals surface area contributed by atoms with E-state index in [9.17, 15) is 9.59 Å². The second-order valence-electron chi connectivity index (χ2n) is 9.94. The molecule has 1 saturated carbocycles. The standard InChI is InChI=1S/C23H43N5O3/c1-7-23(8-2,27-21(30)31-22(3,4)5)16-25-20(24-6)26-18-13-14-28(15-18)19(29)17-11-9-10-12-17/h17-18H,7-16H2,1-6H3,(H,27,30)(H2,24,25,26). The molecule has 0 aromatic heterocycles. The average Bonchev–Trinajstić information content (AvgIpc) is 3.40. The highest BCUT2D eigenvalue weighted by Crippen LogP contribution is 2.27. The molecule has 1 atom stereocenters. The molecule has 1 unspecified atom stereocenters. The predicted octanol–water partition coefficient (Wildman–Crippen LogP) is 3.03. The van der Waals surface area contributed by atoms with Gasteiger partial charge >= 0.3 is 6.09 Å². The third kappa shape index (κ3) is 7.58. The van der Waals surface area contributed by atoms with Gasteiger partial charge in [-0.2, -0.15) is 0 Å². The van der Waals surface area contributed by atoms with Gasteiger partial charge in [0.25, 0.3) is 0 Å². The van der Waals surface area contributed by atoms with Crippen molar-refractivity contribution in [1.29, 1.82) is 0 Å². The van der Waals surface area contributed by atoms with E-state index in [0.717, 1.165) is 45.2 Å². The molecule has 31 heavy (non-hydrogen) atoms. The zero-order chi connectivity index (χ0) is 23.1. The van der Waals surface area contributed by atoms with E-state index >= 15 is 0 Å². The third-order valence-electron chi connectivity index (χ3n) is 6.48. The third-order valence-corrected chi connectivity index (χ3v) is 6.48. The van der Waals surface area contributed by atoms with E-state index < -0.39 is 17.2 Å². The number of guanidine groups is 1. The van der Waals surface area contributed by atoms with Crippen LogP contribution in [0.5, 0.6) is 0 Å². The number of likely N-dealkylation sites (tertiary alicyclic amines) is 1. The Labute approximate surface area is 187 Å². The van der Waals surface area contributed by atoms with E-state index in [-0.39, 0.29) is 12.0 Å². The van der Waals surface area contributed by atoms with Crippen molar-refractivity contribution < 1.29 is 14.3 Å². The van der Waals surface area contributed by atoms with Gasteiger partial charge in [-0.05, 0) is 52.9 Å². The number of carbonyl (C=O) groups excluding carboxylic acids is 2. The Morgan fingerprint density at radius 2 is 1.74 bits per heavy atom. The van der Waals surface area contributed by atoms with Gasteiger partial charge < -0.3 is 25.6 Å². The molecule has 8 heteroatoms. The first-order valence-electron chi connectivity index (χ1n) is 11.9. The second-order valence-corrected chi connectivity index (χ2v) is 9.94. The molecule has 1 heterocycles. The summed E-state index contributed by atoms with van der Waals surface area (Å²) in [6, 6.07) is 0.188. The molecule has 0 radical (unpaired) electrons. The summed E-state index contributed by atoms with van der Waals surface area (Å²) in [5, 5.41) is 9.88. The fraction of sp³-hybridized carbons (Fsp3) is 0.870. The maximum Gasteiger partial charge on any atom is 0.408 e. The van der Waals surface area contributed by atoms with E-state index in [1.165, 1.54) is 12.8 Å². The highest BCUT2D eigenvalue weighted by molar-refractivity contribution is 5.81. The number of nitrogens with zero attached hydrogens (tertiary/aromatic N) is 2. The van der Waals surface area contributed by atoms with Crippen LogP contribution in [-0.4, -0.2) is 66.7 Å². The number of alkyl carbamates (subject to hydrolysis) is 1. The second kappa shape index (κ2) is 11.0. The van der Waals surface area contributed by atoms with Gasteiger partial charge in [-0.3, -0.25) is 9.79 Å². The van der Waals surface area contributed by atoms with Gasteiger partial charge in [-0.15, -0.1) is 0 Å². The Morgan fingerprint density at radius 1 is 1.10 bits per heavy atom. The van der Waals surface area contributed by atoms with Crippen molar-refractivity contribution in [3.8, 4) is 0 Å². The minimum atomic E-state index is -0.535. The fourth-order valence-corrected chi connectivity index (χ4v) is 4.39. The van der Waals surface area contributed by atoms with Gasteiger partial charge in [-0.25, -0.2) is 4.79 Å². The molecule has 2 aliphatic rings. The Morgan fingerprint density at radius 3 is 2.29 bits per heavy atom. The van der Waals surface area contributed by atoms with E-state index in [2.05, 4.69) is 34.8 Å². The molecular weight excluding hydrogens is 394 g/mol. The van der Waals surface area contributed by atoms with Gasteiger partial charge in [0, 0.05) is 38.6 Å². The SMILES string of the molecule is CCC(CC)(CNC(=NC)NC1CCN(C(=O)C2CCCC2)C1)NC(=O)OC(C)(C)C. The quantitative estimate of drug-likeness (QED) is 0.420. The summed E-state index contributed by atoms with van der Waals surface area (Å²) in [5.74, 6) is 1.24. The zero-order valence-electron chi connectivity index (χ0n) is 20.3. The predicted molar refractivity (Wildman–Crippen MR) is 124 cm³/mol. The highest BCUT2D eigenvalue weighted by Gasteiger charge is 2.34. The first-order valence-corrected chi connectivity index (χ1v) is 11.9. The normalized spacial score (nSPS) is 20.6. The first kappa shape index (κ1) is 25.3. The van der Waals surface area contributed by atoms with Gasteiger partial charge in [0.05, 0.1) is 5.54 Å². The smallest absolute Gasteiger partial charge is 0.408 e. The van der Waals surface area contributed by atoms with Crippen molar-refractivity contribution in [2.75, 3.05) is 26.7 Å². The molecule has 2 rings (SSSR count). The van der Waals surface area contributed by atoms with Crippen LogP contribution in [0.2, 0.25) is 0 Å². The lowest BCUT2D eigenvalue weighted by Gasteiger charge is -2.34. The molecule has 0 bridgehead atoms. The van der Waals surface area contributed by atoms with Crippen LogP contribution in [-0.2, 0) is 9.53 Å². The summed E-state index contributed by atoms with van der Waals surface area (Å²) >= 11 is 0. The molecule has 0 spiro atoms. The molecule has 3 N–H and O–H groups in total. The summed E-state index contributed by atoms with van der Waals surface area (Å²) in [7, 11) is 1.74. The van der Waals surface area contributed by atoms with Crippen LogP contribution >= 0.6 is 0 Å². The van der Waals surface area contributed by atoms with Crippen molar-refractivity contribution in [3.05, 3.63) is 0 Å². The summed E-state index contributed by atoms with van der Waals surface area (Å²) in [6.45, 7) is 11.8. The molecule has 8 nitrogen and oxygen atoms in total. The molecule has 2 amide bonds. The van der Waals surface area contributed by atoms with Gasteiger partial charge in [0.2, 0.25) is 5.91 Å². The zero-order valence-corrected chi connectivity index (χ0v) is 20.3. The maximum absolute atomic E-state index is 12.7. The fourth-order valence-electron chi connectivity index (χ4n) is 4.39. The number of nitrogens with one attached hydrogen (secondary N) is 3. The Bertz CT molecular complexity index is 634. The molecule has 178 valence electrons. The molecule has 2 fully saturated rings. The van der Waals surface area contributed by atoms with Crippen LogP contribution in [0.1, 0.15) is 79.6 Å². The van der Waals surface area contributed by atoms with Crippen molar-refractivity contribution >= 4 is 18.0 Å². The Balaban J connectivity index is 1.87. The van der Waals surface area contributed by atoms with E-state index in [4.69, 9.17) is 4.74 Å². The summed E-state index contributed by atoms with van der Waals surface area (Å²) < 4.78 is 5.45. The summed E-state index contributed by atoms with van der Waals surface area (Å²) in [6.07, 6.45) is 6.47. The van der Waals surface area contributed by atoms with Crippen LogP contribution in [0.15, 0.2) is 4.99 Å². The lowest BCUT2D eigenvalue weighted by molar-refractivity contribution is -0.134. The number of ether oxygens (including phenoxy) is 1. The molecule has 0 aromatic rings. The summed E-state index contributed by atoms with van der Waals surface area (Å²) in [4.78, 5) is 31.4. The minimum absolute atomic E-state index is 0.188. The molecule has 1 aliphatic heterocycles. The van der Waals surface area contributed by atoms with Crippen molar-refractivity contribution in [2.45, 2.75) is 96.7 Å². The molecular formula is C23H43N5O3. The minimum Gasteiger partial charge on any atom is -0.444 e. The highest BCUT2D eigenvalue weighted by atomic mass is 16.6. The number of aliphatic imine (C=N–C) groups is 1. The largest absolute Gasteiger partial charge is 0.444 e. The van der Waals surface area contributed by atoms with E-state index in [1.54, 1.807) is 7.05 Å². The average molecular weight is 438 g/mol. The van der Waals surface area contributed by atoms with E-state index in [1.807, 2.05) is 25.7 Å². The number of hydrogen-bond acceptors (Lipinski definition) is 4. The van der Waals surface area contributed by atoms with E-state index in [0.29, 0.717) is 18.4 Å². The van der Waals surface area contributed by atoms with Crippen molar-refractivity contribution in [1.82, 2.24) is 20.9 Å². The lowest BCUT2D eigenvalue weighted by Crippen LogP contribution is -2.57. The Kier molecular flexibility index (Phi) is 9.01. The number of rotatable bonds is 7. The van der Waals surface area contributed by atoms with Crippen LogP contribution in [0.3, 0.4) is 0 Å². The van der Waals surface area contributed by atoms with Crippen LogP contribution in [0.4, 0.5) is 4.79 Å². The molecule has 1 saturated heterocycles. The monoisotopic (exact) mass is 437 g/mol. The lowest BCUT2D eigenvalue weighted by atomic mass is 9.93. The first-order chi connectivity index (χ1) is 14.6. The van der Waals surface area contributed by atoms with Crippen LogP contribution < -0.4 is 16.0 Å². The number of carbonyl (C=O) groups is 2. The van der Waals surface area contributed by atoms with Crippen LogP contribution in [0.25, 0.3) is 0 Å². The topological polar surface area (TPSA) is 95.1 Å². The van der Waals surface area contributed by atoms with Crippen molar-refractivity contribution in [2.24, 2.45) is 10.9 Å². The van der Waals surface area contributed by atoms with Gasteiger partial charge in [0.15, 0.2) is 5.96 Å². The van der Waals surface area contributed by atoms with Gasteiger partial charge in [-0.1, -0.05) is 26.7 Å². The summed E-state index contributed by atoms with van der Waals surface area (Å²) in [5.41, 5.74) is -0.966. The molecule has 1 aliphatic carbocycles. The Hall–Kier alpha value is -1.99. The van der Waals surface area contributed by atoms with Crippen molar-refractivity contribution in [3.63, 3.8) is 0 Å². The van der Waals surface area contributed by atoms with Gasteiger partial charge in [0.1, 0.15) is 5.60 Å². The van der Waals surface area contributed by atoms with Crippen LogP contribution in [0, 0.1) is 5.92 Å².